The summed E-state index contributed by atoms with van der Waals surface area (Å²) in [5, 5.41) is 7.61. The van der Waals surface area contributed by atoms with E-state index in [4.69, 9.17) is 10.1 Å². The van der Waals surface area contributed by atoms with E-state index in [2.05, 4.69) is 31.1 Å². The van der Waals surface area contributed by atoms with Crippen molar-refractivity contribution < 1.29 is 4.79 Å². The number of hydrogen-bond acceptors (Lipinski definition) is 4. The highest BCUT2D eigenvalue weighted by molar-refractivity contribution is 5.89. The lowest BCUT2D eigenvalue weighted by molar-refractivity contribution is -0.114. The molecule has 170 valence electrons. The Kier molecular flexibility index (Phi) is 5.93. The minimum absolute atomic E-state index is 0.144. The number of imidazole rings is 1. The Hall–Kier alpha value is -2.96. The molecule has 0 aliphatic heterocycles. The summed E-state index contributed by atoms with van der Waals surface area (Å²) in [6, 6.07) is 7.34. The first-order valence-electron chi connectivity index (χ1n) is 11.6. The number of aromatic amines is 1. The van der Waals surface area contributed by atoms with Gasteiger partial charge in [-0.05, 0) is 55.6 Å². The smallest absolute Gasteiger partial charge is 0.277 e. The van der Waals surface area contributed by atoms with Crippen LogP contribution in [0.2, 0.25) is 0 Å². The van der Waals surface area contributed by atoms with Gasteiger partial charge in [-0.3, -0.25) is 9.59 Å². The minimum Gasteiger partial charge on any atom is -0.326 e. The van der Waals surface area contributed by atoms with E-state index in [1.807, 2.05) is 31.2 Å². The van der Waals surface area contributed by atoms with Crippen molar-refractivity contribution in [2.75, 3.05) is 5.32 Å². The van der Waals surface area contributed by atoms with Crippen LogP contribution in [0.5, 0.6) is 0 Å². The monoisotopic (exact) mass is 435 g/mol. The number of carbonyl (C=O) groups is 1. The Bertz CT molecular complexity index is 1190. The van der Waals surface area contributed by atoms with E-state index in [9.17, 15) is 9.59 Å². The molecule has 0 spiro atoms. The lowest BCUT2D eigenvalue weighted by Crippen LogP contribution is -2.26. The maximum Gasteiger partial charge on any atom is 0.277 e. The molecule has 32 heavy (non-hydrogen) atoms. The van der Waals surface area contributed by atoms with Crippen LogP contribution >= 0.6 is 0 Å². The lowest BCUT2D eigenvalue weighted by atomic mass is 9.70. The summed E-state index contributed by atoms with van der Waals surface area (Å²) in [5.74, 6) is 2.23. The second kappa shape index (κ2) is 8.52. The first kappa shape index (κ1) is 22.2. The summed E-state index contributed by atoms with van der Waals surface area (Å²) in [6.45, 7) is 10.5. The molecule has 7 heteroatoms. The van der Waals surface area contributed by atoms with Crippen LogP contribution in [0.1, 0.15) is 77.7 Å². The number of anilines is 1. The molecule has 1 fully saturated rings. The third-order valence-corrected chi connectivity index (χ3v) is 6.71. The van der Waals surface area contributed by atoms with Crippen LogP contribution in [0.25, 0.3) is 16.9 Å². The zero-order valence-electron chi connectivity index (χ0n) is 19.7. The molecule has 1 aliphatic carbocycles. The molecule has 2 heterocycles. The number of aromatic nitrogens is 4. The average molecular weight is 436 g/mol. The highest BCUT2D eigenvalue weighted by atomic mass is 16.1. The van der Waals surface area contributed by atoms with Gasteiger partial charge in [0, 0.05) is 24.1 Å². The van der Waals surface area contributed by atoms with E-state index in [0.29, 0.717) is 40.7 Å². The summed E-state index contributed by atoms with van der Waals surface area (Å²) in [6.07, 6.45) is 5.14. The van der Waals surface area contributed by atoms with E-state index in [0.717, 1.165) is 29.9 Å². The molecule has 0 saturated heterocycles. The van der Waals surface area contributed by atoms with Gasteiger partial charge in [-0.2, -0.15) is 0 Å². The molecular formula is C25H33N5O2. The highest BCUT2D eigenvalue weighted by Crippen LogP contribution is 2.43. The SMILES string of the molecule is CCc1nc(C2CCC(C(C)(C)C)CC2)n2nc(-c3cccc(NC(C)=O)c3)[nH]c(=O)c12. The van der Waals surface area contributed by atoms with Crippen molar-refractivity contribution >= 4 is 17.1 Å². The van der Waals surface area contributed by atoms with Crippen LogP contribution in [0.4, 0.5) is 5.69 Å². The molecular weight excluding hydrogens is 402 g/mol. The maximum absolute atomic E-state index is 13.1. The molecule has 1 aromatic carbocycles. The molecule has 3 aromatic rings. The molecule has 4 rings (SSSR count). The summed E-state index contributed by atoms with van der Waals surface area (Å²) >= 11 is 0. The average Bonchev–Trinajstić information content (AvgIpc) is 3.12. The van der Waals surface area contributed by atoms with E-state index in [1.165, 1.54) is 19.8 Å². The Labute approximate surface area is 188 Å². The summed E-state index contributed by atoms with van der Waals surface area (Å²) < 4.78 is 1.78. The zero-order valence-corrected chi connectivity index (χ0v) is 19.7. The van der Waals surface area contributed by atoms with Crippen molar-refractivity contribution in [2.24, 2.45) is 11.3 Å². The molecule has 0 atom stereocenters. The largest absolute Gasteiger partial charge is 0.326 e. The van der Waals surface area contributed by atoms with Crippen molar-refractivity contribution in [1.82, 2.24) is 19.6 Å². The Balaban J connectivity index is 1.75. The molecule has 1 amide bonds. The number of rotatable bonds is 4. The maximum atomic E-state index is 13.1. The fraction of sp³-hybridized carbons (Fsp3) is 0.520. The molecule has 2 aromatic heterocycles. The number of nitrogens with one attached hydrogen (secondary N) is 2. The highest BCUT2D eigenvalue weighted by Gasteiger charge is 2.32. The van der Waals surface area contributed by atoms with E-state index >= 15 is 0 Å². The normalized spacial score (nSPS) is 19.3. The number of amides is 1. The summed E-state index contributed by atoms with van der Waals surface area (Å²) in [4.78, 5) is 32.3. The molecule has 2 N–H and O–H groups in total. The van der Waals surface area contributed by atoms with Crippen LogP contribution < -0.4 is 10.9 Å². The third kappa shape index (κ3) is 4.33. The second-order valence-corrected chi connectivity index (χ2v) is 10.0. The van der Waals surface area contributed by atoms with Gasteiger partial charge in [0.2, 0.25) is 5.91 Å². The Morgan fingerprint density at radius 3 is 2.56 bits per heavy atom. The predicted octanol–water partition coefficient (Wildman–Crippen LogP) is 4.93. The Morgan fingerprint density at radius 2 is 1.94 bits per heavy atom. The van der Waals surface area contributed by atoms with Gasteiger partial charge in [-0.15, -0.1) is 5.10 Å². The van der Waals surface area contributed by atoms with Crippen molar-refractivity contribution in [3.05, 3.63) is 46.1 Å². The Morgan fingerprint density at radius 1 is 1.22 bits per heavy atom. The van der Waals surface area contributed by atoms with Gasteiger partial charge in [-0.25, -0.2) is 9.50 Å². The van der Waals surface area contributed by atoms with Gasteiger partial charge in [0.25, 0.3) is 5.56 Å². The van der Waals surface area contributed by atoms with Gasteiger partial charge in [0.15, 0.2) is 11.3 Å². The van der Waals surface area contributed by atoms with Crippen LogP contribution in [-0.2, 0) is 11.2 Å². The van der Waals surface area contributed by atoms with E-state index < -0.39 is 0 Å². The van der Waals surface area contributed by atoms with Crippen LogP contribution in [0, 0.1) is 11.3 Å². The van der Waals surface area contributed by atoms with Gasteiger partial charge < -0.3 is 10.3 Å². The minimum atomic E-state index is -0.182. The fourth-order valence-electron chi connectivity index (χ4n) is 4.90. The van der Waals surface area contributed by atoms with Crippen molar-refractivity contribution in [3.8, 4) is 11.4 Å². The number of fused-ring (bicyclic) bond motifs is 1. The molecule has 0 unspecified atom stereocenters. The van der Waals surface area contributed by atoms with Crippen LogP contribution in [0.3, 0.4) is 0 Å². The number of aryl methyl sites for hydroxylation is 1. The topological polar surface area (TPSA) is 92.2 Å². The molecule has 1 aliphatic rings. The van der Waals surface area contributed by atoms with Crippen LogP contribution in [-0.4, -0.2) is 25.5 Å². The number of benzene rings is 1. The van der Waals surface area contributed by atoms with E-state index in [1.54, 1.807) is 4.52 Å². The first-order valence-corrected chi connectivity index (χ1v) is 11.6. The molecule has 0 bridgehead atoms. The van der Waals surface area contributed by atoms with Crippen molar-refractivity contribution in [2.45, 2.75) is 72.6 Å². The molecule has 0 radical (unpaired) electrons. The van der Waals surface area contributed by atoms with Crippen LogP contribution in [0.15, 0.2) is 29.1 Å². The van der Waals surface area contributed by atoms with Crippen molar-refractivity contribution in [3.63, 3.8) is 0 Å². The fourth-order valence-corrected chi connectivity index (χ4v) is 4.90. The summed E-state index contributed by atoms with van der Waals surface area (Å²) in [7, 11) is 0. The summed E-state index contributed by atoms with van der Waals surface area (Å²) in [5.41, 5.74) is 2.88. The van der Waals surface area contributed by atoms with Gasteiger partial charge in [0.05, 0.1) is 5.69 Å². The van der Waals surface area contributed by atoms with Gasteiger partial charge >= 0.3 is 0 Å². The standard InChI is InChI=1S/C25H33N5O2/c1-6-20-21-24(32)28-22(17-8-7-9-19(14-17)26-15(2)31)29-30(21)23(27-20)16-10-12-18(13-11-16)25(3,4)5/h7-9,14,16,18H,6,10-13H2,1-5H3,(H,26,31)(H,28,29,32). The quantitative estimate of drug-likeness (QED) is 0.608. The third-order valence-electron chi connectivity index (χ3n) is 6.71. The molecule has 1 saturated carbocycles. The van der Waals surface area contributed by atoms with Gasteiger partial charge in [-0.1, -0.05) is 39.8 Å². The predicted molar refractivity (Wildman–Crippen MR) is 127 cm³/mol. The zero-order chi connectivity index (χ0) is 23.0. The number of hydrogen-bond donors (Lipinski definition) is 2. The number of H-pyrrole nitrogens is 1. The number of carbonyl (C=O) groups excluding carboxylic acids is 1. The van der Waals surface area contributed by atoms with Gasteiger partial charge in [0.1, 0.15) is 5.82 Å². The number of nitrogens with zero attached hydrogens (tertiary/aromatic N) is 3. The second-order valence-electron chi connectivity index (χ2n) is 10.0. The van der Waals surface area contributed by atoms with E-state index in [-0.39, 0.29) is 11.5 Å². The first-order chi connectivity index (χ1) is 15.2. The molecule has 7 nitrogen and oxygen atoms in total. The lowest BCUT2D eigenvalue weighted by Gasteiger charge is -2.36. The van der Waals surface area contributed by atoms with Crippen molar-refractivity contribution in [1.29, 1.82) is 0 Å².